The van der Waals surface area contributed by atoms with Crippen molar-refractivity contribution in [2.45, 2.75) is 33.7 Å². The number of carbonyl (C=O) groups excluding carboxylic acids is 2. The first-order valence-electron chi connectivity index (χ1n) is 9.24. The van der Waals surface area contributed by atoms with Crippen molar-refractivity contribution in [3.8, 4) is 0 Å². The Hall–Kier alpha value is -2.40. The predicted octanol–water partition coefficient (Wildman–Crippen LogP) is 1.38. The maximum absolute atomic E-state index is 12.7. The van der Waals surface area contributed by atoms with E-state index < -0.39 is 0 Å². The molecule has 2 aromatic rings. The number of likely N-dealkylation sites (N-methyl/N-ethyl adjacent to an activating group) is 1. The number of aromatic nitrogens is 1. The molecule has 26 heavy (non-hydrogen) atoms. The Kier molecular flexibility index (Phi) is 7.16. The number of carbonyl (C=O) groups is 2. The summed E-state index contributed by atoms with van der Waals surface area (Å²) in [7, 11) is 1.88. The molecule has 0 spiro atoms. The lowest BCUT2D eigenvalue weighted by atomic mass is 10.1. The number of ketones is 1. The molecule has 0 radical (unpaired) electrons. The summed E-state index contributed by atoms with van der Waals surface area (Å²) in [6.07, 6.45) is 0.914. The molecule has 1 aromatic heterocycles. The zero-order valence-electron chi connectivity index (χ0n) is 16.3. The van der Waals surface area contributed by atoms with Crippen LogP contribution in [-0.4, -0.2) is 42.9 Å². The molecular weight excluding hydrogens is 326 g/mol. The van der Waals surface area contributed by atoms with Crippen molar-refractivity contribution >= 4 is 11.7 Å². The highest BCUT2D eigenvalue weighted by molar-refractivity contribution is 5.98. The van der Waals surface area contributed by atoms with Crippen molar-refractivity contribution in [2.24, 2.45) is 0 Å². The lowest BCUT2D eigenvalue weighted by Gasteiger charge is -2.13. The van der Waals surface area contributed by atoms with E-state index in [1.807, 2.05) is 52.1 Å². The van der Waals surface area contributed by atoms with Crippen molar-refractivity contribution in [3.63, 3.8) is 0 Å². The van der Waals surface area contributed by atoms with Gasteiger partial charge in [-0.3, -0.25) is 9.59 Å². The van der Waals surface area contributed by atoms with Gasteiger partial charge in [0.1, 0.15) is 6.54 Å². The first-order chi connectivity index (χ1) is 12.4. The van der Waals surface area contributed by atoms with E-state index in [0.717, 1.165) is 34.8 Å². The third kappa shape index (κ3) is 5.30. The van der Waals surface area contributed by atoms with Gasteiger partial charge in [-0.05, 0) is 31.9 Å². The second-order valence-corrected chi connectivity index (χ2v) is 6.94. The minimum Gasteiger partial charge on any atom is -0.351 e. The normalized spacial score (nSPS) is 12.0. The van der Waals surface area contributed by atoms with E-state index in [0.29, 0.717) is 19.6 Å². The fraction of sp³-hybridized carbons (Fsp3) is 0.429. The van der Waals surface area contributed by atoms with Crippen molar-refractivity contribution in [1.29, 1.82) is 0 Å². The smallest absolute Gasteiger partial charge is 0.275 e. The summed E-state index contributed by atoms with van der Waals surface area (Å²) in [5.74, 6) is 0.0740. The van der Waals surface area contributed by atoms with E-state index >= 15 is 0 Å². The van der Waals surface area contributed by atoms with E-state index in [1.165, 1.54) is 5.56 Å². The van der Waals surface area contributed by atoms with Gasteiger partial charge in [0, 0.05) is 30.0 Å². The van der Waals surface area contributed by atoms with Gasteiger partial charge in [0.2, 0.25) is 5.78 Å². The summed E-state index contributed by atoms with van der Waals surface area (Å²) >= 11 is 0. The summed E-state index contributed by atoms with van der Waals surface area (Å²) in [6.45, 7) is 8.11. The third-order valence-electron chi connectivity index (χ3n) is 4.55. The molecule has 0 saturated heterocycles. The Morgan fingerprint density at radius 2 is 1.81 bits per heavy atom. The quantitative estimate of drug-likeness (QED) is 0.667. The van der Waals surface area contributed by atoms with Gasteiger partial charge in [-0.15, -0.1) is 0 Å². The van der Waals surface area contributed by atoms with Crippen LogP contribution in [-0.2, 0) is 11.3 Å². The van der Waals surface area contributed by atoms with E-state index in [1.54, 1.807) is 0 Å². The van der Waals surface area contributed by atoms with Crippen LogP contribution in [0.2, 0.25) is 0 Å². The molecule has 5 heteroatoms. The molecule has 1 amide bonds. The molecule has 2 N–H and O–H groups in total. The minimum absolute atomic E-state index is 0.00768. The number of amides is 1. The van der Waals surface area contributed by atoms with Crippen LogP contribution >= 0.6 is 0 Å². The first-order valence-corrected chi connectivity index (χ1v) is 9.24. The number of hydrogen-bond donors (Lipinski definition) is 2. The summed E-state index contributed by atoms with van der Waals surface area (Å²) in [5, 5.41) is 2.85. The average Bonchev–Trinajstić information content (AvgIpc) is 2.89. The van der Waals surface area contributed by atoms with Crippen molar-refractivity contribution < 1.29 is 14.5 Å². The van der Waals surface area contributed by atoms with Crippen molar-refractivity contribution in [1.82, 2.24) is 9.88 Å². The Morgan fingerprint density at radius 3 is 2.46 bits per heavy atom. The van der Waals surface area contributed by atoms with Crippen molar-refractivity contribution in [2.75, 3.05) is 26.7 Å². The van der Waals surface area contributed by atoms with Gasteiger partial charge >= 0.3 is 0 Å². The second kappa shape index (κ2) is 9.34. The number of nitrogens with zero attached hydrogens (tertiary/aromatic N) is 1. The highest BCUT2D eigenvalue weighted by atomic mass is 16.2. The van der Waals surface area contributed by atoms with Crippen LogP contribution < -0.4 is 10.2 Å². The first kappa shape index (κ1) is 19.9. The Bertz CT molecular complexity index is 750. The molecule has 1 aromatic carbocycles. The van der Waals surface area contributed by atoms with Crippen LogP contribution in [0.3, 0.4) is 0 Å². The number of Topliss-reactive ketones (excluding diaryl/α,β-unsaturated/α-hetero) is 1. The summed E-state index contributed by atoms with van der Waals surface area (Å²) < 4.78 is 2.17. The van der Waals surface area contributed by atoms with Crippen LogP contribution in [0.5, 0.6) is 0 Å². The topological polar surface area (TPSA) is 55.5 Å². The summed E-state index contributed by atoms with van der Waals surface area (Å²) in [4.78, 5) is 25.4. The predicted molar refractivity (Wildman–Crippen MR) is 104 cm³/mol. The van der Waals surface area contributed by atoms with Crippen LogP contribution in [0.1, 0.15) is 40.7 Å². The van der Waals surface area contributed by atoms with Gasteiger partial charge in [-0.2, -0.15) is 0 Å². The van der Waals surface area contributed by atoms with Crippen LogP contribution in [0.4, 0.5) is 0 Å². The molecule has 1 heterocycles. The van der Waals surface area contributed by atoms with Crippen LogP contribution in [0.15, 0.2) is 36.4 Å². The van der Waals surface area contributed by atoms with Gasteiger partial charge in [0.25, 0.3) is 5.91 Å². The molecule has 140 valence electrons. The lowest BCUT2D eigenvalue weighted by molar-refractivity contribution is -0.862. The molecule has 0 aliphatic heterocycles. The monoisotopic (exact) mass is 356 g/mol. The summed E-state index contributed by atoms with van der Waals surface area (Å²) in [5.41, 5.74) is 4.03. The molecule has 0 bridgehead atoms. The third-order valence-corrected chi connectivity index (χ3v) is 4.55. The highest BCUT2D eigenvalue weighted by Crippen LogP contribution is 2.17. The van der Waals surface area contributed by atoms with E-state index in [4.69, 9.17) is 0 Å². The van der Waals surface area contributed by atoms with E-state index in [2.05, 4.69) is 22.0 Å². The molecule has 1 atom stereocenters. The minimum atomic E-state index is -0.00768. The zero-order chi connectivity index (χ0) is 19.1. The molecule has 1 unspecified atom stereocenters. The second-order valence-electron chi connectivity index (χ2n) is 6.94. The Morgan fingerprint density at radius 1 is 1.12 bits per heavy atom. The van der Waals surface area contributed by atoms with Crippen LogP contribution in [0, 0.1) is 13.8 Å². The SMILES string of the molecule is CCCNC(=O)C[NH+](C)CC(=O)c1cc(C)n(Cc2ccccc2)c1C. The molecular formula is C21H30N3O2+. The Balaban J connectivity index is 2.03. The zero-order valence-corrected chi connectivity index (χ0v) is 16.3. The number of quaternary nitrogens is 1. The number of hydrogen-bond acceptors (Lipinski definition) is 2. The van der Waals surface area contributed by atoms with Gasteiger partial charge in [-0.1, -0.05) is 37.3 Å². The van der Waals surface area contributed by atoms with Gasteiger partial charge in [0.15, 0.2) is 6.54 Å². The number of benzene rings is 1. The van der Waals surface area contributed by atoms with Crippen LogP contribution in [0.25, 0.3) is 0 Å². The molecule has 0 aliphatic carbocycles. The average molecular weight is 356 g/mol. The fourth-order valence-corrected chi connectivity index (χ4v) is 3.13. The van der Waals surface area contributed by atoms with Crippen molar-refractivity contribution in [3.05, 3.63) is 58.9 Å². The van der Waals surface area contributed by atoms with E-state index in [9.17, 15) is 9.59 Å². The molecule has 0 aliphatic rings. The maximum atomic E-state index is 12.7. The van der Waals surface area contributed by atoms with Gasteiger partial charge in [0.05, 0.1) is 7.05 Å². The highest BCUT2D eigenvalue weighted by Gasteiger charge is 2.20. The Labute approximate surface area is 156 Å². The molecule has 5 nitrogen and oxygen atoms in total. The van der Waals surface area contributed by atoms with Gasteiger partial charge in [-0.25, -0.2) is 0 Å². The standard InChI is InChI=1S/C21H29N3O2/c1-5-11-22-21(26)15-23(4)14-20(25)19-12-16(2)24(17(19)3)13-18-9-7-6-8-10-18/h6-10,12H,5,11,13-15H2,1-4H3,(H,22,26)/p+1. The van der Waals surface area contributed by atoms with Gasteiger partial charge < -0.3 is 14.8 Å². The molecule has 0 saturated carbocycles. The largest absolute Gasteiger partial charge is 0.351 e. The number of rotatable bonds is 9. The fourth-order valence-electron chi connectivity index (χ4n) is 3.13. The summed E-state index contributed by atoms with van der Waals surface area (Å²) in [6, 6.07) is 12.2. The molecule has 0 fully saturated rings. The molecule has 2 rings (SSSR count). The van der Waals surface area contributed by atoms with E-state index in [-0.39, 0.29) is 11.7 Å². The lowest BCUT2D eigenvalue weighted by Crippen LogP contribution is -3.11. The maximum Gasteiger partial charge on any atom is 0.275 e. The number of aryl methyl sites for hydroxylation is 1. The number of nitrogens with one attached hydrogen (secondary N) is 2.